The summed E-state index contributed by atoms with van der Waals surface area (Å²) in [7, 11) is 0. The summed E-state index contributed by atoms with van der Waals surface area (Å²) in [5.41, 5.74) is 6.44. The smallest absolute Gasteiger partial charge is 0.450 e. The number of primary amides is 1. The van der Waals surface area contributed by atoms with Crippen molar-refractivity contribution in [2.24, 2.45) is 5.73 Å². The molecule has 0 aliphatic rings. The maximum Gasteiger partial charge on any atom is 0.506 e. The molecule has 46 heavy (non-hydrogen) atoms. The Bertz CT molecular complexity index is 1400. The van der Waals surface area contributed by atoms with Gasteiger partial charge in [0.2, 0.25) is 23.6 Å². The van der Waals surface area contributed by atoms with Gasteiger partial charge in [0, 0.05) is 31.8 Å². The molecule has 2 aromatic rings. The van der Waals surface area contributed by atoms with E-state index in [4.69, 9.17) is 10.8 Å². The second-order valence-corrected chi connectivity index (χ2v) is 10.3. The number of nitrogens with one attached hydrogen (secondary N) is 4. The number of nitrogens with zero attached hydrogens (tertiary/aromatic N) is 2. The second-order valence-electron chi connectivity index (χ2n) is 10.3. The van der Waals surface area contributed by atoms with Crippen molar-refractivity contribution in [3.63, 3.8) is 0 Å². The van der Waals surface area contributed by atoms with Gasteiger partial charge in [-0.05, 0) is 49.6 Å². The van der Waals surface area contributed by atoms with Gasteiger partial charge in [0.05, 0.1) is 18.7 Å². The van der Waals surface area contributed by atoms with Gasteiger partial charge >= 0.3 is 6.16 Å². The number of rotatable bonds is 18. The number of hydrogen-bond donors (Lipinski definition) is 6. The van der Waals surface area contributed by atoms with Crippen LogP contribution in [0.1, 0.15) is 56.0 Å². The number of aromatic nitrogens is 1. The van der Waals surface area contributed by atoms with E-state index in [0.29, 0.717) is 23.5 Å². The van der Waals surface area contributed by atoms with Gasteiger partial charge in [-0.3, -0.25) is 28.8 Å². The lowest BCUT2D eigenvalue weighted by molar-refractivity contribution is -0.136. The van der Waals surface area contributed by atoms with Crippen molar-refractivity contribution in [3.05, 3.63) is 53.7 Å². The summed E-state index contributed by atoms with van der Waals surface area (Å²) < 4.78 is 4.50. The summed E-state index contributed by atoms with van der Waals surface area (Å²) >= 11 is 0. The number of ether oxygens (including phenoxy) is 1. The minimum absolute atomic E-state index is 0.0108. The molecule has 0 aliphatic carbocycles. The van der Waals surface area contributed by atoms with Crippen LogP contribution >= 0.6 is 0 Å². The van der Waals surface area contributed by atoms with Crippen LogP contribution < -0.4 is 27.0 Å². The first-order valence-corrected chi connectivity index (χ1v) is 14.4. The zero-order valence-corrected chi connectivity index (χ0v) is 25.8. The molecule has 0 saturated carbocycles. The van der Waals surface area contributed by atoms with Crippen LogP contribution in [-0.4, -0.2) is 88.2 Å². The molecule has 1 heterocycles. The summed E-state index contributed by atoms with van der Waals surface area (Å²) in [6, 6.07) is 7.40. The summed E-state index contributed by atoms with van der Waals surface area (Å²) in [6.07, 6.45) is 0.493. The SMILES string of the molecule is CCCN(CC(=O)Nc1ccc(COC(=O)O)cc1)C(=O)[C@@H](C)NC(=O)c1ccc(NCC(=O)CC[C@H](NC(C)=O)C(N)=O)nc1. The van der Waals surface area contributed by atoms with E-state index in [1.807, 2.05) is 6.92 Å². The maximum absolute atomic E-state index is 13.1. The van der Waals surface area contributed by atoms with Crippen molar-refractivity contribution >= 4 is 53.0 Å². The fourth-order valence-corrected chi connectivity index (χ4v) is 4.10. The number of amides is 5. The molecule has 0 radical (unpaired) electrons. The molecular formula is C30H39N7O9. The number of Topliss-reactive ketones (excluding diaryl/α,β-unsaturated/α-hetero) is 1. The zero-order valence-electron chi connectivity index (χ0n) is 25.8. The monoisotopic (exact) mass is 641 g/mol. The summed E-state index contributed by atoms with van der Waals surface area (Å²) in [4.78, 5) is 89.3. The van der Waals surface area contributed by atoms with Gasteiger partial charge in [-0.15, -0.1) is 0 Å². The Hall–Kier alpha value is -5.54. The lowest BCUT2D eigenvalue weighted by Gasteiger charge is -2.25. The number of benzene rings is 1. The Morgan fingerprint density at radius 3 is 2.28 bits per heavy atom. The van der Waals surface area contributed by atoms with E-state index in [0.717, 1.165) is 0 Å². The summed E-state index contributed by atoms with van der Waals surface area (Å²) in [5.74, 6) is -2.61. The van der Waals surface area contributed by atoms with E-state index in [9.17, 15) is 33.6 Å². The van der Waals surface area contributed by atoms with Gasteiger partial charge in [0.15, 0.2) is 5.78 Å². The number of pyridine rings is 1. The minimum atomic E-state index is -1.40. The first kappa shape index (κ1) is 36.7. The third-order valence-electron chi connectivity index (χ3n) is 6.38. The van der Waals surface area contributed by atoms with Crippen molar-refractivity contribution in [1.82, 2.24) is 20.5 Å². The zero-order chi connectivity index (χ0) is 34.2. The second kappa shape index (κ2) is 18.3. The van der Waals surface area contributed by atoms with Crippen LogP contribution in [0.5, 0.6) is 0 Å². The fraction of sp³-hybridized carbons (Fsp3) is 0.400. The van der Waals surface area contributed by atoms with Gasteiger partial charge < -0.3 is 41.7 Å². The summed E-state index contributed by atoms with van der Waals surface area (Å²) in [5, 5.41) is 19.1. The Morgan fingerprint density at radius 2 is 1.72 bits per heavy atom. The molecule has 0 saturated heterocycles. The quantitative estimate of drug-likeness (QED) is 0.126. The van der Waals surface area contributed by atoms with Crippen LogP contribution in [-0.2, 0) is 35.3 Å². The molecule has 248 valence electrons. The van der Waals surface area contributed by atoms with E-state index < -0.39 is 47.8 Å². The third kappa shape index (κ3) is 13.0. The van der Waals surface area contributed by atoms with Crippen LogP contribution in [0.3, 0.4) is 0 Å². The van der Waals surface area contributed by atoms with Crippen molar-refractivity contribution in [2.45, 2.75) is 58.7 Å². The van der Waals surface area contributed by atoms with Crippen molar-refractivity contribution < 1.29 is 43.4 Å². The first-order chi connectivity index (χ1) is 21.8. The molecule has 0 aliphatic heterocycles. The van der Waals surface area contributed by atoms with Gasteiger partial charge in [-0.1, -0.05) is 19.1 Å². The third-order valence-corrected chi connectivity index (χ3v) is 6.38. The number of ketones is 1. The van der Waals surface area contributed by atoms with Gasteiger partial charge in [0.25, 0.3) is 5.91 Å². The Labute approximate surface area is 265 Å². The molecule has 0 fully saturated rings. The lowest BCUT2D eigenvalue weighted by Crippen LogP contribution is -2.49. The number of carbonyl (C=O) groups excluding carboxylic acids is 6. The first-order valence-electron chi connectivity index (χ1n) is 14.4. The average molecular weight is 642 g/mol. The molecule has 5 amide bonds. The molecule has 1 aromatic carbocycles. The Kier molecular flexibility index (Phi) is 14.6. The molecule has 0 unspecified atom stereocenters. The average Bonchev–Trinajstić information content (AvgIpc) is 3.00. The van der Waals surface area contributed by atoms with Gasteiger partial charge in [-0.2, -0.15) is 0 Å². The highest BCUT2D eigenvalue weighted by atomic mass is 16.7. The maximum atomic E-state index is 13.1. The number of hydrogen-bond acceptors (Lipinski definition) is 10. The van der Waals surface area contributed by atoms with Crippen LogP contribution in [0, 0.1) is 0 Å². The molecule has 1 aromatic heterocycles. The predicted octanol–water partition coefficient (Wildman–Crippen LogP) is 1.02. The highest BCUT2D eigenvalue weighted by Crippen LogP contribution is 2.12. The van der Waals surface area contributed by atoms with Crippen LogP contribution in [0.4, 0.5) is 16.3 Å². The lowest BCUT2D eigenvalue weighted by atomic mass is 10.1. The van der Waals surface area contributed by atoms with Crippen LogP contribution in [0.25, 0.3) is 0 Å². The summed E-state index contributed by atoms with van der Waals surface area (Å²) in [6.45, 7) is 4.37. The molecule has 0 spiro atoms. The standard InChI is InChI=1S/C30H39N7O9/c1-4-13-37(16-26(40)36-22-8-5-20(6-9-22)17-46-30(44)45)29(43)18(2)34-28(42)21-7-12-25(32-14-21)33-15-23(39)10-11-24(27(31)41)35-19(3)38/h5-9,12,14,18,24H,4,10-11,13,15-17H2,1-3H3,(H2,31,41)(H,32,33)(H,34,42)(H,35,38)(H,36,40)(H,44,45)/t18-,24+/m1/s1. The molecule has 2 atom stereocenters. The number of nitrogens with two attached hydrogens (primary N) is 1. The highest BCUT2D eigenvalue weighted by Gasteiger charge is 2.24. The van der Waals surface area contributed by atoms with Crippen molar-refractivity contribution in [1.29, 1.82) is 0 Å². The molecule has 7 N–H and O–H groups in total. The molecule has 0 bridgehead atoms. The van der Waals surface area contributed by atoms with Gasteiger partial charge in [0.1, 0.15) is 24.5 Å². The van der Waals surface area contributed by atoms with Crippen LogP contribution in [0.2, 0.25) is 0 Å². The van der Waals surface area contributed by atoms with Gasteiger partial charge in [-0.25, -0.2) is 9.78 Å². The fourth-order valence-electron chi connectivity index (χ4n) is 4.10. The Morgan fingerprint density at radius 1 is 1.02 bits per heavy atom. The minimum Gasteiger partial charge on any atom is -0.450 e. The molecule has 16 nitrogen and oxygen atoms in total. The number of carboxylic acid groups (broad SMARTS) is 1. The van der Waals surface area contributed by atoms with Crippen molar-refractivity contribution in [3.8, 4) is 0 Å². The molecular weight excluding hydrogens is 602 g/mol. The predicted molar refractivity (Wildman–Crippen MR) is 165 cm³/mol. The number of carbonyl (C=O) groups is 7. The molecule has 16 heteroatoms. The largest absolute Gasteiger partial charge is 0.506 e. The van der Waals surface area contributed by atoms with Crippen LogP contribution in [0.15, 0.2) is 42.6 Å². The van der Waals surface area contributed by atoms with E-state index in [1.54, 1.807) is 24.3 Å². The normalized spacial score (nSPS) is 11.7. The van der Waals surface area contributed by atoms with E-state index >= 15 is 0 Å². The van der Waals surface area contributed by atoms with Crippen molar-refractivity contribution in [2.75, 3.05) is 30.3 Å². The Balaban J connectivity index is 1.86. The molecule has 2 rings (SSSR count). The topological polar surface area (TPSA) is 239 Å². The highest BCUT2D eigenvalue weighted by molar-refractivity contribution is 5.99. The van der Waals surface area contributed by atoms with E-state index in [2.05, 4.69) is 31.0 Å². The van der Waals surface area contributed by atoms with E-state index in [1.165, 1.54) is 37.1 Å². The van der Waals surface area contributed by atoms with E-state index in [-0.39, 0.29) is 50.4 Å². The number of anilines is 2.